The molecule has 1 aliphatic rings. The molecule has 0 fully saturated rings. The molecule has 39 heavy (non-hydrogen) atoms. The molecular weight excluding hydrogens is 547 g/mol. The van der Waals surface area contributed by atoms with Crippen LogP contribution in [0.15, 0.2) is 36.5 Å². The molecular formula is C24H21F5N6O3S. The topological polar surface area (TPSA) is 104 Å². The molecule has 1 atom stereocenters. The molecule has 9 nitrogen and oxygen atoms in total. The number of rotatable bonds is 4. The van der Waals surface area contributed by atoms with Gasteiger partial charge in [0.15, 0.2) is 23.0 Å². The Labute approximate surface area is 219 Å². The molecule has 1 aliphatic heterocycles. The van der Waals surface area contributed by atoms with Crippen LogP contribution in [0.2, 0.25) is 0 Å². The van der Waals surface area contributed by atoms with Gasteiger partial charge in [0.1, 0.15) is 5.69 Å². The number of alkyl halides is 3. The van der Waals surface area contributed by atoms with Gasteiger partial charge in [-0.05, 0) is 24.1 Å². The fourth-order valence-corrected chi connectivity index (χ4v) is 5.65. The number of sulfonamides is 1. The molecule has 206 valence electrons. The van der Waals surface area contributed by atoms with Crippen molar-refractivity contribution in [3.8, 4) is 17.0 Å². The average molecular weight is 569 g/mol. The van der Waals surface area contributed by atoms with Crippen LogP contribution in [0.3, 0.4) is 0 Å². The van der Waals surface area contributed by atoms with Crippen molar-refractivity contribution in [2.24, 2.45) is 7.05 Å². The fourth-order valence-electron chi connectivity index (χ4n) is 4.67. The number of fused-ring (bicyclic) bond motifs is 2. The number of hydrogen-bond donors (Lipinski definition) is 1. The lowest BCUT2D eigenvalue weighted by Crippen LogP contribution is -2.49. The number of benzene rings is 2. The second-order valence-electron chi connectivity index (χ2n) is 9.22. The van der Waals surface area contributed by atoms with E-state index in [1.165, 1.54) is 22.2 Å². The molecule has 2 aromatic heterocycles. The highest BCUT2D eigenvalue weighted by molar-refractivity contribution is 7.92. The molecule has 5 rings (SSSR count). The quantitative estimate of drug-likeness (QED) is 0.373. The van der Waals surface area contributed by atoms with Gasteiger partial charge in [0.2, 0.25) is 16.0 Å². The van der Waals surface area contributed by atoms with Crippen LogP contribution >= 0.6 is 0 Å². The standard InChI is InChI=1S/C24H21F5N6O3S/c1-33(13-8-12-6-4-5-7-17(12)35(11-13)39(3,37)38)23-30-10-15-20(32-34(2)22(15)31-23)14-9-16(24(27,28)29)19(26)21(36)18(14)25/h4-7,9-10,13,36H,8,11H2,1-3H3. The number of likely N-dealkylation sites (N-methyl/N-ethyl adjacent to an activating group) is 1. The number of aryl methyl sites for hydroxylation is 1. The Bertz CT molecular complexity index is 1720. The van der Waals surface area contributed by atoms with Crippen molar-refractivity contribution in [1.29, 1.82) is 0 Å². The van der Waals surface area contributed by atoms with Crippen molar-refractivity contribution < 1.29 is 35.5 Å². The SMILES string of the molecule is CN(c1ncc2c(-c3cc(C(F)(F)F)c(F)c(O)c3F)nn(C)c2n1)C1Cc2ccccc2N(S(C)(=O)=O)C1. The van der Waals surface area contributed by atoms with Gasteiger partial charge in [-0.15, -0.1) is 0 Å². The van der Waals surface area contributed by atoms with E-state index in [0.29, 0.717) is 12.1 Å². The van der Waals surface area contributed by atoms with Crippen LogP contribution < -0.4 is 9.21 Å². The molecule has 15 heteroatoms. The Balaban J connectivity index is 1.56. The molecule has 0 aliphatic carbocycles. The minimum absolute atomic E-state index is 0.0550. The van der Waals surface area contributed by atoms with E-state index in [2.05, 4.69) is 15.1 Å². The number of phenolic OH excluding ortho intramolecular Hbond substituents is 1. The maximum absolute atomic E-state index is 14.7. The zero-order valence-corrected chi connectivity index (χ0v) is 21.5. The molecule has 1 unspecified atom stereocenters. The van der Waals surface area contributed by atoms with Crippen LogP contribution in [0.1, 0.15) is 11.1 Å². The van der Waals surface area contributed by atoms with E-state index in [1.54, 1.807) is 30.1 Å². The molecule has 0 amide bonds. The second kappa shape index (κ2) is 9.03. The van der Waals surface area contributed by atoms with Gasteiger partial charge in [-0.1, -0.05) is 18.2 Å². The Morgan fingerprint density at radius 2 is 1.85 bits per heavy atom. The number of aromatic nitrogens is 4. The van der Waals surface area contributed by atoms with Crippen LogP contribution in [0, 0.1) is 11.6 Å². The first-order chi connectivity index (χ1) is 18.2. The van der Waals surface area contributed by atoms with E-state index in [-0.39, 0.29) is 41.3 Å². The molecule has 4 aromatic rings. The monoisotopic (exact) mass is 568 g/mol. The Morgan fingerprint density at radius 1 is 1.15 bits per heavy atom. The van der Waals surface area contributed by atoms with Gasteiger partial charge in [-0.3, -0.25) is 4.31 Å². The summed E-state index contributed by atoms with van der Waals surface area (Å²) in [6, 6.07) is 6.97. The van der Waals surface area contributed by atoms with Crippen molar-refractivity contribution >= 4 is 32.7 Å². The summed E-state index contributed by atoms with van der Waals surface area (Å²) >= 11 is 0. The summed E-state index contributed by atoms with van der Waals surface area (Å²) in [5.74, 6) is -5.35. The molecule has 0 bridgehead atoms. The van der Waals surface area contributed by atoms with E-state index in [4.69, 9.17) is 0 Å². The van der Waals surface area contributed by atoms with Crippen molar-refractivity contribution in [2.75, 3.05) is 29.1 Å². The predicted molar refractivity (Wildman–Crippen MR) is 133 cm³/mol. The highest BCUT2D eigenvalue weighted by atomic mass is 32.2. The molecule has 0 radical (unpaired) electrons. The summed E-state index contributed by atoms with van der Waals surface area (Å²) in [7, 11) is -0.494. The third-order valence-corrected chi connectivity index (χ3v) is 7.81. The number of aromatic hydroxyl groups is 1. The van der Waals surface area contributed by atoms with Crippen LogP contribution in [0.4, 0.5) is 33.6 Å². The lowest BCUT2D eigenvalue weighted by atomic mass is 9.99. The second-order valence-corrected chi connectivity index (χ2v) is 11.1. The van der Waals surface area contributed by atoms with Gasteiger partial charge in [0.25, 0.3) is 0 Å². The minimum Gasteiger partial charge on any atom is -0.503 e. The van der Waals surface area contributed by atoms with Crippen molar-refractivity contribution in [1.82, 2.24) is 19.7 Å². The first-order valence-electron chi connectivity index (χ1n) is 11.4. The number of halogens is 5. The molecule has 3 heterocycles. The van der Waals surface area contributed by atoms with Crippen LogP contribution in [-0.4, -0.2) is 59.2 Å². The summed E-state index contributed by atoms with van der Waals surface area (Å²) in [6.45, 7) is 0.116. The zero-order valence-electron chi connectivity index (χ0n) is 20.7. The summed E-state index contributed by atoms with van der Waals surface area (Å²) < 4.78 is 96.2. The van der Waals surface area contributed by atoms with Crippen molar-refractivity contribution in [2.45, 2.75) is 18.6 Å². The number of phenols is 1. The maximum atomic E-state index is 14.7. The smallest absolute Gasteiger partial charge is 0.419 e. The largest absolute Gasteiger partial charge is 0.503 e. The minimum atomic E-state index is -5.19. The normalized spacial score (nSPS) is 16.0. The summed E-state index contributed by atoms with van der Waals surface area (Å²) in [6.07, 6.45) is -2.37. The number of para-hydroxylation sites is 1. The number of nitrogens with zero attached hydrogens (tertiary/aromatic N) is 6. The maximum Gasteiger partial charge on any atom is 0.419 e. The third-order valence-electron chi connectivity index (χ3n) is 6.66. The van der Waals surface area contributed by atoms with Crippen molar-refractivity contribution in [3.63, 3.8) is 0 Å². The van der Waals surface area contributed by atoms with Gasteiger partial charge in [0.05, 0.1) is 35.5 Å². The van der Waals surface area contributed by atoms with Gasteiger partial charge in [-0.25, -0.2) is 26.9 Å². The molecule has 0 spiro atoms. The van der Waals surface area contributed by atoms with Gasteiger partial charge in [-0.2, -0.15) is 23.3 Å². The predicted octanol–water partition coefficient (Wildman–Crippen LogP) is 3.86. The Kier molecular flexibility index (Phi) is 6.16. The molecule has 2 aromatic carbocycles. The van der Waals surface area contributed by atoms with E-state index in [0.717, 1.165) is 11.8 Å². The first-order valence-corrected chi connectivity index (χ1v) is 13.3. The first kappa shape index (κ1) is 26.6. The third kappa shape index (κ3) is 4.49. The average Bonchev–Trinajstić information content (AvgIpc) is 3.20. The highest BCUT2D eigenvalue weighted by Gasteiger charge is 2.38. The number of hydrogen-bond acceptors (Lipinski definition) is 7. The lowest BCUT2D eigenvalue weighted by molar-refractivity contribution is -0.140. The summed E-state index contributed by atoms with van der Waals surface area (Å²) in [5, 5.41) is 13.8. The van der Waals surface area contributed by atoms with E-state index in [9.17, 15) is 35.5 Å². The molecule has 1 N–H and O–H groups in total. The van der Waals surface area contributed by atoms with E-state index >= 15 is 0 Å². The van der Waals surface area contributed by atoms with Crippen LogP contribution in [-0.2, 0) is 29.7 Å². The van der Waals surface area contributed by atoms with E-state index in [1.807, 2.05) is 6.07 Å². The van der Waals surface area contributed by atoms with Gasteiger partial charge >= 0.3 is 6.18 Å². The van der Waals surface area contributed by atoms with Crippen LogP contribution in [0.5, 0.6) is 5.75 Å². The highest BCUT2D eigenvalue weighted by Crippen LogP contribution is 2.41. The van der Waals surface area contributed by atoms with Gasteiger partial charge < -0.3 is 10.0 Å². The van der Waals surface area contributed by atoms with Gasteiger partial charge in [0, 0.05) is 25.9 Å². The van der Waals surface area contributed by atoms with Crippen molar-refractivity contribution in [3.05, 3.63) is 59.3 Å². The summed E-state index contributed by atoms with van der Waals surface area (Å²) in [5.41, 5.74) is -1.43. The fraction of sp³-hybridized carbons (Fsp3) is 0.292. The Morgan fingerprint density at radius 3 is 2.51 bits per heavy atom. The van der Waals surface area contributed by atoms with Crippen LogP contribution in [0.25, 0.3) is 22.3 Å². The molecule has 0 saturated heterocycles. The Hall–Kier alpha value is -4.01. The van der Waals surface area contributed by atoms with E-state index < -0.39 is 44.7 Å². The lowest BCUT2D eigenvalue weighted by Gasteiger charge is -2.38. The number of anilines is 2. The zero-order chi connectivity index (χ0) is 28.4. The summed E-state index contributed by atoms with van der Waals surface area (Å²) in [4.78, 5) is 10.4. The molecule has 0 saturated carbocycles.